The van der Waals surface area contributed by atoms with Crippen LogP contribution in [0.3, 0.4) is 0 Å². The van der Waals surface area contributed by atoms with E-state index >= 15 is 0 Å². The van der Waals surface area contributed by atoms with Gasteiger partial charge in [0.1, 0.15) is 0 Å². The first kappa shape index (κ1) is 12.1. The molecule has 0 saturated carbocycles. The van der Waals surface area contributed by atoms with Crippen molar-refractivity contribution in [2.45, 2.75) is 19.6 Å². The number of ether oxygens (including phenoxy) is 2. The third-order valence-corrected chi connectivity index (χ3v) is 2.18. The maximum absolute atomic E-state index is 11.6. The summed E-state index contributed by atoms with van der Waals surface area (Å²) in [7, 11) is 0. The molecule has 0 atom stereocenters. The van der Waals surface area contributed by atoms with Crippen LogP contribution in [0.25, 0.3) is 0 Å². The summed E-state index contributed by atoms with van der Waals surface area (Å²) in [6.45, 7) is 2.99. The van der Waals surface area contributed by atoms with E-state index in [1.165, 1.54) is 20.0 Å². The van der Waals surface area contributed by atoms with Crippen molar-refractivity contribution >= 4 is 17.6 Å². The van der Waals surface area contributed by atoms with Crippen molar-refractivity contribution in [1.29, 1.82) is 0 Å². The van der Waals surface area contributed by atoms with E-state index in [1.54, 1.807) is 24.5 Å². The van der Waals surface area contributed by atoms with Gasteiger partial charge in [0.05, 0.1) is 0 Å². The normalized spacial score (nSPS) is 17.8. The monoisotopic (exact) mass is 248 g/mol. The van der Waals surface area contributed by atoms with Crippen molar-refractivity contribution in [3.8, 4) is 0 Å². The molecule has 0 aliphatic carbocycles. The minimum atomic E-state index is -1.22. The smallest absolute Gasteiger partial charge is 0.350 e. The van der Waals surface area contributed by atoms with E-state index in [0.717, 1.165) is 0 Å². The Labute approximate surface area is 104 Å². The summed E-state index contributed by atoms with van der Waals surface area (Å²) in [5.74, 6) is -2.64. The lowest BCUT2D eigenvalue weighted by molar-refractivity contribution is -0.222. The summed E-state index contributed by atoms with van der Waals surface area (Å²) in [6, 6.07) is 3.39. The second-order valence-corrected chi connectivity index (χ2v) is 4.12. The zero-order chi connectivity index (χ0) is 13.2. The predicted molar refractivity (Wildman–Crippen MR) is 62.2 cm³/mol. The molecule has 1 aromatic rings. The van der Waals surface area contributed by atoms with Gasteiger partial charge in [-0.25, -0.2) is 9.59 Å². The van der Waals surface area contributed by atoms with Crippen LogP contribution in [0, 0.1) is 0 Å². The molecule has 0 spiro atoms. The number of esters is 2. The van der Waals surface area contributed by atoms with E-state index in [0.29, 0.717) is 5.69 Å². The molecule has 0 unspecified atom stereocenters. The molecule has 0 amide bonds. The number of carbonyl (C=O) groups is 2. The molecule has 1 saturated heterocycles. The van der Waals surface area contributed by atoms with E-state index in [-0.39, 0.29) is 5.57 Å². The van der Waals surface area contributed by atoms with Gasteiger partial charge in [-0.3, -0.25) is 4.98 Å². The molecule has 1 aromatic heterocycles. The van der Waals surface area contributed by atoms with Crippen molar-refractivity contribution in [3.63, 3.8) is 0 Å². The molecule has 0 aromatic carbocycles. The quantitative estimate of drug-likeness (QED) is 0.481. The van der Waals surface area contributed by atoms with Crippen molar-refractivity contribution in [2.75, 3.05) is 5.32 Å². The SMILES string of the molecule is CC1(C)OC(=O)C(=CNc2ccncc2)C(=O)O1. The molecule has 2 heterocycles. The van der Waals surface area contributed by atoms with Crippen molar-refractivity contribution < 1.29 is 19.1 Å². The van der Waals surface area contributed by atoms with Gasteiger partial charge in [-0.15, -0.1) is 0 Å². The van der Waals surface area contributed by atoms with Crippen LogP contribution in [0.2, 0.25) is 0 Å². The minimum Gasteiger partial charge on any atom is -0.419 e. The number of nitrogens with one attached hydrogen (secondary N) is 1. The third kappa shape index (κ3) is 2.65. The Bertz CT molecular complexity index is 486. The lowest BCUT2D eigenvalue weighted by Crippen LogP contribution is -2.42. The van der Waals surface area contributed by atoms with Crippen LogP contribution in [0.1, 0.15) is 13.8 Å². The number of cyclic esters (lactones) is 2. The maximum Gasteiger partial charge on any atom is 0.350 e. The fourth-order valence-corrected chi connectivity index (χ4v) is 1.38. The fourth-order valence-electron chi connectivity index (χ4n) is 1.38. The topological polar surface area (TPSA) is 77.5 Å². The Hall–Kier alpha value is -2.37. The van der Waals surface area contributed by atoms with Gasteiger partial charge in [0.25, 0.3) is 5.79 Å². The van der Waals surface area contributed by atoms with E-state index in [1.807, 2.05) is 0 Å². The van der Waals surface area contributed by atoms with Crippen LogP contribution < -0.4 is 5.32 Å². The number of aromatic nitrogens is 1. The highest BCUT2D eigenvalue weighted by Crippen LogP contribution is 2.22. The van der Waals surface area contributed by atoms with Gasteiger partial charge in [-0.05, 0) is 12.1 Å². The highest BCUT2D eigenvalue weighted by atomic mass is 16.7. The number of rotatable bonds is 2. The van der Waals surface area contributed by atoms with Crippen LogP contribution in [-0.4, -0.2) is 22.7 Å². The van der Waals surface area contributed by atoms with Gasteiger partial charge in [0.2, 0.25) is 0 Å². The molecule has 1 aliphatic rings. The fraction of sp³-hybridized carbons (Fsp3) is 0.250. The Morgan fingerprint density at radius 3 is 2.28 bits per heavy atom. The van der Waals surface area contributed by atoms with Gasteiger partial charge in [-0.1, -0.05) is 0 Å². The molecule has 0 radical (unpaired) electrons. The van der Waals surface area contributed by atoms with Crippen LogP contribution in [0.5, 0.6) is 0 Å². The average Bonchev–Trinajstić information content (AvgIpc) is 2.27. The molecule has 6 heteroatoms. The zero-order valence-corrected chi connectivity index (χ0v) is 9.97. The molecule has 0 bridgehead atoms. The molecular weight excluding hydrogens is 236 g/mol. The summed E-state index contributed by atoms with van der Waals surface area (Å²) >= 11 is 0. The summed E-state index contributed by atoms with van der Waals surface area (Å²) in [5, 5.41) is 2.80. The lowest BCUT2D eigenvalue weighted by atomic mass is 10.2. The molecule has 2 rings (SSSR count). The first-order valence-electron chi connectivity index (χ1n) is 5.31. The largest absolute Gasteiger partial charge is 0.419 e. The van der Waals surface area contributed by atoms with E-state index in [4.69, 9.17) is 9.47 Å². The molecule has 94 valence electrons. The predicted octanol–water partition coefficient (Wildman–Crippen LogP) is 1.21. The number of nitrogens with zero attached hydrogens (tertiary/aromatic N) is 1. The van der Waals surface area contributed by atoms with E-state index in [9.17, 15) is 9.59 Å². The van der Waals surface area contributed by atoms with Gasteiger partial charge < -0.3 is 14.8 Å². The van der Waals surface area contributed by atoms with Gasteiger partial charge in [0.15, 0.2) is 5.57 Å². The standard InChI is InChI=1S/C12H12N2O4/c1-12(2)17-10(15)9(11(16)18-12)7-14-8-3-5-13-6-4-8/h3-7H,1-2H3,(H,13,14). The summed E-state index contributed by atoms with van der Waals surface area (Å²) in [4.78, 5) is 27.0. The number of hydrogen-bond donors (Lipinski definition) is 1. The average molecular weight is 248 g/mol. The van der Waals surface area contributed by atoms with Crippen LogP contribution >= 0.6 is 0 Å². The third-order valence-electron chi connectivity index (χ3n) is 2.18. The Morgan fingerprint density at radius 1 is 1.17 bits per heavy atom. The number of carbonyl (C=O) groups excluding carboxylic acids is 2. The molecule has 6 nitrogen and oxygen atoms in total. The highest BCUT2D eigenvalue weighted by Gasteiger charge is 2.38. The van der Waals surface area contributed by atoms with Crippen molar-refractivity contribution in [1.82, 2.24) is 4.98 Å². The number of hydrogen-bond acceptors (Lipinski definition) is 6. The van der Waals surface area contributed by atoms with Gasteiger partial charge in [-0.2, -0.15) is 0 Å². The van der Waals surface area contributed by atoms with Crippen LogP contribution in [0.4, 0.5) is 5.69 Å². The second-order valence-electron chi connectivity index (χ2n) is 4.12. The first-order valence-corrected chi connectivity index (χ1v) is 5.31. The van der Waals surface area contributed by atoms with E-state index in [2.05, 4.69) is 10.3 Å². The number of pyridine rings is 1. The first-order chi connectivity index (χ1) is 8.48. The van der Waals surface area contributed by atoms with Gasteiger partial charge >= 0.3 is 11.9 Å². The number of anilines is 1. The van der Waals surface area contributed by atoms with E-state index < -0.39 is 17.7 Å². The van der Waals surface area contributed by atoms with Gasteiger partial charge in [0, 0.05) is 38.1 Å². The van der Waals surface area contributed by atoms with Crippen molar-refractivity contribution in [3.05, 3.63) is 36.3 Å². The zero-order valence-electron chi connectivity index (χ0n) is 9.97. The second kappa shape index (κ2) is 4.48. The Morgan fingerprint density at radius 2 is 1.72 bits per heavy atom. The Kier molecular flexibility index (Phi) is 3.01. The molecule has 1 fully saturated rings. The molecule has 1 aliphatic heterocycles. The summed E-state index contributed by atoms with van der Waals surface area (Å²) in [5.41, 5.74) is 0.522. The molecular formula is C12H12N2O4. The summed E-state index contributed by atoms with van der Waals surface area (Å²) in [6.07, 6.45) is 4.43. The Balaban J connectivity index is 2.14. The molecule has 1 N–H and O–H groups in total. The van der Waals surface area contributed by atoms with Crippen LogP contribution in [-0.2, 0) is 19.1 Å². The highest BCUT2D eigenvalue weighted by molar-refractivity contribution is 6.15. The van der Waals surface area contributed by atoms with Crippen molar-refractivity contribution in [2.24, 2.45) is 0 Å². The van der Waals surface area contributed by atoms with Crippen LogP contribution in [0.15, 0.2) is 36.3 Å². The summed E-state index contributed by atoms with van der Waals surface area (Å²) < 4.78 is 9.89. The minimum absolute atomic E-state index is 0.175. The molecule has 18 heavy (non-hydrogen) atoms. The lowest BCUT2D eigenvalue weighted by Gasteiger charge is -2.29. The maximum atomic E-state index is 11.6.